The fraction of sp³-hybridized carbons (Fsp3) is 0.333. The van der Waals surface area contributed by atoms with Gasteiger partial charge in [0.1, 0.15) is 12.3 Å². The smallest absolute Gasteiger partial charge is 0.325 e. The molecular formula is C12H16N2O4. The van der Waals surface area contributed by atoms with Crippen molar-refractivity contribution in [2.24, 2.45) is 0 Å². The zero-order chi connectivity index (χ0) is 13.4. The average Bonchev–Trinajstić information content (AvgIpc) is 2.37. The van der Waals surface area contributed by atoms with Crippen LogP contribution in [0.2, 0.25) is 0 Å². The molecule has 0 atom stereocenters. The van der Waals surface area contributed by atoms with Gasteiger partial charge in [0.05, 0.1) is 13.7 Å². The van der Waals surface area contributed by atoms with E-state index in [-0.39, 0.29) is 13.2 Å². The van der Waals surface area contributed by atoms with Crippen LogP contribution >= 0.6 is 0 Å². The summed E-state index contributed by atoms with van der Waals surface area (Å²) < 4.78 is 9.70. The lowest BCUT2D eigenvalue weighted by atomic mass is 10.3. The molecule has 6 nitrogen and oxygen atoms in total. The minimum absolute atomic E-state index is 0.163. The lowest BCUT2D eigenvalue weighted by molar-refractivity contribution is -0.141. The summed E-state index contributed by atoms with van der Waals surface area (Å²) in [6, 6.07) is 6.43. The fourth-order valence-electron chi connectivity index (χ4n) is 1.24. The highest BCUT2D eigenvalue weighted by atomic mass is 16.5. The van der Waals surface area contributed by atoms with Crippen LogP contribution in [0.3, 0.4) is 0 Å². The number of anilines is 1. The van der Waals surface area contributed by atoms with Crippen molar-refractivity contribution in [2.45, 2.75) is 6.92 Å². The summed E-state index contributed by atoms with van der Waals surface area (Å²) in [6.07, 6.45) is 0. The second kappa shape index (κ2) is 7.16. The molecular weight excluding hydrogens is 236 g/mol. The van der Waals surface area contributed by atoms with Gasteiger partial charge >= 0.3 is 12.0 Å². The molecule has 0 unspecified atom stereocenters. The molecule has 0 aliphatic heterocycles. The van der Waals surface area contributed by atoms with Crippen molar-refractivity contribution >= 4 is 17.7 Å². The van der Waals surface area contributed by atoms with Crippen LogP contribution in [0, 0.1) is 0 Å². The second-order valence-corrected chi connectivity index (χ2v) is 3.34. The number of amides is 2. The van der Waals surface area contributed by atoms with Gasteiger partial charge in [-0.1, -0.05) is 6.07 Å². The second-order valence-electron chi connectivity index (χ2n) is 3.34. The number of nitrogens with one attached hydrogen (secondary N) is 2. The molecule has 6 heteroatoms. The molecule has 2 N–H and O–H groups in total. The molecule has 1 aromatic rings. The van der Waals surface area contributed by atoms with Gasteiger partial charge in [-0.25, -0.2) is 4.79 Å². The molecule has 0 aromatic heterocycles. The van der Waals surface area contributed by atoms with E-state index < -0.39 is 12.0 Å². The van der Waals surface area contributed by atoms with Crippen LogP contribution in [-0.2, 0) is 9.53 Å². The molecule has 18 heavy (non-hydrogen) atoms. The van der Waals surface area contributed by atoms with E-state index in [0.717, 1.165) is 0 Å². The Labute approximate surface area is 105 Å². The average molecular weight is 252 g/mol. The first-order valence-electron chi connectivity index (χ1n) is 5.50. The largest absolute Gasteiger partial charge is 0.497 e. The van der Waals surface area contributed by atoms with Gasteiger partial charge in [0.15, 0.2) is 0 Å². The molecule has 0 radical (unpaired) electrons. The number of esters is 1. The van der Waals surface area contributed by atoms with E-state index >= 15 is 0 Å². The Morgan fingerprint density at radius 3 is 2.78 bits per heavy atom. The normalized spacial score (nSPS) is 9.44. The number of carbonyl (C=O) groups excluding carboxylic acids is 2. The Bertz CT molecular complexity index is 420. The number of hydrogen-bond acceptors (Lipinski definition) is 4. The van der Waals surface area contributed by atoms with Gasteiger partial charge in [0, 0.05) is 11.8 Å². The lowest BCUT2D eigenvalue weighted by Gasteiger charge is -2.08. The van der Waals surface area contributed by atoms with E-state index in [1.54, 1.807) is 38.3 Å². The Morgan fingerprint density at radius 2 is 2.11 bits per heavy atom. The van der Waals surface area contributed by atoms with E-state index in [0.29, 0.717) is 11.4 Å². The van der Waals surface area contributed by atoms with E-state index in [1.807, 2.05) is 0 Å². The van der Waals surface area contributed by atoms with E-state index in [1.165, 1.54) is 0 Å². The first-order valence-corrected chi connectivity index (χ1v) is 5.50. The number of ether oxygens (including phenoxy) is 2. The minimum atomic E-state index is -0.476. The molecule has 0 saturated heterocycles. The van der Waals surface area contributed by atoms with Gasteiger partial charge in [-0.3, -0.25) is 4.79 Å². The third-order valence-electron chi connectivity index (χ3n) is 2.03. The predicted octanol–water partition coefficient (Wildman–Crippen LogP) is 1.38. The highest BCUT2D eigenvalue weighted by Gasteiger charge is 2.06. The van der Waals surface area contributed by atoms with Crippen LogP contribution in [0.5, 0.6) is 5.75 Å². The van der Waals surface area contributed by atoms with Crippen molar-refractivity contribution in [2.75, 3.05) is 25.6 Å². The van der Waals surface area contributed by atoms with Crippen molar-refractivity contribution in [1.29, 1.82) is 0 Å². The topological polar surface area (TPSA) is 76.7 Å². The lowest BCUT2D eigenvalue weighted by Crippen LogP contribution is -2.34. The van der Waals surface area contributed by atoms with Crippen LogP contribution in [0.4, 0.5) is 10.5 Å². The standard InChI is InChI=1S/C12H16N2O4/c1-3-18-11(15)8-13-12(16)14-9-5-4-6-10(7-9)17-2/h4-7H,3,8H2,1-2H3,(H2,13,14,16). The molecule has 0 aliphatic carbocycles. The summed E-state index contributed by atoms with van der Waals surface area (Å²) >= 11 is 0. The van der Waals surface area contributed by atoms with Crippen LogP contribution in [-0.4, -0.2) is 32.3 Å². The fourth-order valence-corrected chi connectivity index (χ4v) is 1.24. The van der Waals surface area contributed by atoms with Crippen LogP contribution in [0.15, 0.2) is 24.3 Å². The van der Waals surface area contributed by atoms with Gasteiger partial charge in [0.25, 0.3) is 0 Å². The third kappa shape index (κ3) is 4.73. The van der Waals surface area contributed by atoms with E-state index in [4.69, 9.17) is 4.74 Å². The summed E-state index contributed by atoms with van der Waals surface area (Å²) in [5, 5.41) is 4.96. The van der Waals surface area contributed by atoms with Gasteiger partial charge in [-0.2, -0.15) is 0 Å². The molecule has 0 heterocycles. The molecule has 0 spiro atoms. The van der Waals surface area contributed by atoms with Crippen LogP contribution < -0.4 is 15.4 Å². The molecule has 0 bridgehead atoms. The number of rotatable bonds is 5. The number of carbonyl (C=O) groups is 2. The number of urea groups is 1. The van der Waals surface area contributed by atoms with Crippen LogP contribution in [0.1, 0.15) is 6.92 Å². The van der Waals surface area contributed by atoms with Crippen molar-refractivity contribution in [3.63, 3.8) is 0 Å². The highest BCUT2D eigenvalue weighted by molar-refractivity contribution is 5.91. The monoisotopic (exact) mass is 252 g/mol. The summed E-state index contributed by atoms with van der Waals surface area (Å²) in [5.74, 6) is 0.163. The Kier molecular flexibility index (Phi) is 5.50. The molecule has 1 rings (SSSR count). The SMILES string of the molecule is CCOC(=O)CNC(=O)Nc1cccc(OC)c1. The van der Waals surface area contributed by atoms with Gasteiger partial charge < -0.3 is 20.1 Å². The summed E-state index contributed by atoms with van der Waals surface area (Å²) in [6.45, 7) is 1.83. The first-order chi connectivity index (χ1) is 8.65. The summed E-state index contributed by atoms with van der Waals surface area (Å²) in [7, 11) is 1.54. The van der Waals surface area contributed by atoms with E-state index in [2.05, 4.69) is 15.4 Å². The zero-order valence-electron chi connectivity index (χ0n) is 10.4. The third-order valence-corrected chi connectivity index (χ3v) is 2.03. The quantitative estimate of drug-likeness (QED) is 0.776. The Hall–Kier alpha value is -2.24. The van der Waals surface area contributed by atoms with Crippen LogP contribution in [0.25, 0.3) is 0 Å². The maximum Gasteiger partial charge on any atom is 0.325 e. The Morgan fingerprint density at radius 1 is 1.33 bits per heavy atom. The predicted molar refractivity (Wildman–Crippen MR) is 66.6 cm³/mol. The van der Waals surface area contributed by atoms with Gasteiger partial charge in [0.2, 0.25) is 0 Å². The van der Waals surface area contributed by atoms with Crippen molar-refractivity contribution in [1.82, 2.24) is 5.32 Å². The van der Waals surface area contributed by atoms with E-state index in [9.17, 15) is 9.59 Å². The number of hydrogen-bond donors (Lipinski definition) is 2. The maximum atomic E-state index is 11.4. The van der Waals surface area contributed by atoms with Crippen molar-refractivity contribution in [3.05, 3.63) is 24.3 Å². The summed E-state index contributed by atoms with van der Waals surface area (Å²) in [4.78, 5) is 22.5. The molecule has 0 aliphatic rings. The molecule has 0 fully saturated rings. The number of methoxy groups -OCH3 is 1. The van der Waals surface area contributed by atoms with Gasteiger partial charge in [-0.15, -0.1) is 0 Å². The number of benzene rings is 1. The van der Waals surface area contributed by atoms with Crippen molar-refractivity contribution in [3.8, 4) is 5.75 Å². The van der Waals surface area contributed by atoms with Crippen molar-refractivity contribution < 1.29 is 19.1 Å². The molecule has 0 saturated carbocycles. The maximum absolute atomic E-state index is 11.4. The zero-order valence-corrected chi connectivity index (χ0v) is 10.4. The first kappa shape index (κ1) is 13.8. The minimum Gasteiger partial charge on any atom is -0.497 e. The molecule has 2 amide bonds. The summed E-state index contributed by atoms with van der Waals surface area (Å²) in [5.41, 5.74) is 0.579. The molecule has 1 aromatic carbocycles. The van der Waals surface area contributed by atoms with Gasteiger partial charge in [-0.05, 0) is 19.1 Å². The molecule has 98 valence electrons. The highest BCUT2D eigenvalue weighted by Crippen LogP contribution is 2.16. The Balaban J connectivity index is 2.42.